The first-order valence-corrected chi connectivity index (χ1v) is 7.53. The van der Waals surface area contributed by atoms with Crippen molar-refractivity contribution >= 4 is 23.2 Å². The molecule has 0 fully saturated rings. The van der Waals surface area contributed by atoms with E-state index in [1.165, 1.54) is 12.1 Å². The van der Waals surface area contributed by atoms with E-state index in [1.54, 1.807) is 24.3 Å². The Morgan fingerprint density at radius 3 is 2.78 bits per heavy atom. The van der Waals surface area contributed by atoms with Crippen molar-refractivity contribution in [2.24, 2.45) is 0 Å². The minimum atomic E-state index is -0.383. The molecule has 0 spiro atoms. The SMILES string of the molecule is CN(CCOc1cccc(Cl)c1)CC(=O)Nc1cccc(F)c1. The summed E-state index contributed by atoms with van der Waals surface area (Å²) in [5.74, 6) is 0.0991. The number of likely N-dealkylation sites (N-methyl/N-ethyl adjacent to an activating group) is 1. The van der Waals surface area contributed by atoms with Crippen LogP contribution in [0.2, 0.25) is 5.02 Å². The maximum Gasteiger partial charge on any atom is 0.238 e. The number of ether oxygens (including phenoxy) is 1. The van der Waals surface area contributed by atoms with Gasteiger partial charge in [0.25, 0.3) is 0 Å². The molecule has 0 saturated carbocycles. The highest BCUT2D eigenvalue weighted by atomic mass is 35.5. The summed E-state index contributed by atoms with van der Waals surface area (Å²) in [6, 6.07) is 12.9. The average molecular weight is 337 g/mol. The Balaban J connectivity index is 1.71. The van der Waals surface area contributed by atoms with Crippen molar-refractivity contribution in [3.63, 3.8) is 0 Å². The van der Waals surface area contributed by atoms with Gasteiger partial charge in [0, 0.05) is 17.3 Å². The normalized spacial score (nSPS) is 10.6. The van der Waals surface area contributed by atoms with E-state index in [2.05, 4.69) is 5.32 Å². The van der Waals surface area contributed by atoms with Gasteiger partial charge in [0.15, 0.2) is 0 Å². The van der Waals surface area contributed by atoms with Crippen molar-refractivity contribution in [1.29, 1.82) is 0 Å². The van der Waals surface area contributed by atoms with Crippen LogP contribution in [-0.2, 0) is 4.79 Å². The lowest BCUT2D eigenvalue weighted by Crippen LogP contribution is -2.33. The average Bonchev–Trinajstić information content (AvgIpc) is 2.47. The van der Waals surface area contributed by atoms with Gasteiger partial charge < -0.3 is 10.1 Å². The summed E-state index contributed by atoms with van der Waals surface area (Å²) in [6.07, 6.45) is 0. The van der Waals surface area contributed by atoms with Gasteiger partial charge in [-0.2, -0.15) is 0 Å². The summed E-state index contributed by atoms with van der Waals surface area (Å²) in [4.78, 5) is 13.7. The van der Waals surface area contributed by atoms with Crippen LogP contribution in [0, 0.1) is 5.82 Å². The summed E-state index contributed by atoms with van der Waals surface area (Å²) < 4.78 is 18.6. The number of halogens is 2. The molecule has 122 valence electrons. The largest absolute Gasteiger partial charge is 0.492 e. The van der Waals surface area contributed by atoms with Gasteiger partial charge in [0.2, 0.25) is 5.91 Å². The third-order valence-corrected chi connectivity index (χ3v) is 3.29. The van der Waals surface area contributed by atoms with Gasteiger partial charge in [-0.3, -0.25) is 9.69 Å². The predicted molar refractivity (Wildman–Crippen MR) is 89.5 cm³/mol. The lowest BCUT2D eigenvalue weighted by Gasteiger charge is -2.16. The van der Waals surface area contributed by atoms with Crippen molar-refractivity contribution < 1.29 is 13.9 Å². The van der Waals surface area contributed by atoms with Gasteiger partial charge in [0.05, 0.1) is 6.54 Å². The Hall–Kier alpha value is -2.11. The van der Waals surface area contributed by atoms with E-state index in [4.69, 9.17) is 16.3 Å². The zero-order chi connectivity index (χ0) is 16.7. The first-order valence-electron chi connectivity index (χ1n) is 7.15. The van der Waals surface area contributed by atoms with Crippen LogP contribution in [0.25, 0.3) is 0 Å². The van der Waals surface area contributed by atoms with Gasteiger partial charge >= 0.3 is 0 Å². The molecule has 0 aliphatic rings. The first kappa shape index (κ1) is 17.2. The van der Waals surface area contributed by atoms with E-state index in [0.29, 0.717) is 29.6 Å². The monoisotopic (exact) mass is 336 g/mol. The molecule has 6 heteroatoms. The molecule has 2 aromatic rings. The van der Waals surface area contributed by atoms with Crippen LogP contribution in [0.1, 0.15) is 0 Å². The van der Waals surface area contributed by atoms with Crippen LogP contribution < -0.4 is 10.1 Å². The molecule has 0 atom stereocenters. The van der Waals surface area contributed by atoms with Crippen LogP contribution in [-0.4, -0.2) is 37.6 Å². The van der Waals surface area contributed by atoms with E-state index in [0.717, 1.165) is 0 Å². The summed E-state index contributed by atoms with van der Waals surface area (Å²) in [6.45, 7) is 1.20. The van der Waals surface area contributed by atoms with Gasteiger partial charge in [-0.15, -0.1) is 0 Å². The molecule has 0 saturated heterocycles. The molecular formula is C17H18ClFN2O2. The lowest BCUT2D eigenvalue weighted by atomic mass is 10.3. The van der Waals surface area contributed by atoms with E-state index in [1.807, 2.05) is 24.1 Å². The molecule has 0 aliphatic carbocycles. The highest BCUT2D eigenvalue weighted by Gasteiger charge is 2.07. The van der Waals surface area contributed by atoms with Crippen molar-refractivity contribution in [3.8, 4) is 5.75 Å². The van der Waals surface area contributed by atoms with Crippen LogP contribution in [0.4, 0.5) is 10.1 Å². The fraction of sp³-hybridized carbons (Fsp3) is 0.235. The number of hydrogen-bond acceptors (Lipinski definition) is 3. The zero-order valence-electron chi connectivity index (χ0n) is 12.8. The molecule has 2 aromatic carbocycles. The minimum absolute atomic E-state index is 0.190. The second-order valence-electron chi connectivity index (χ2n) is 5.10. The van der Waals surface area contributed by atoms with Crippen LogP contribution >= 0.6 is 11.6 Å². The Labute approximate surface area is 139 Å². The van der Waals surface area contributed by atoms with Crippen LogP contribution in [0.3, 0.4) is 0 Å². The number of anilines is 1. The second kappa shape index (κ2) is 8.50. The van der Waals surface area contributed by atoms with Crippen molar-refractivity contribution in [2.75, 3.05) is 32.1 Å². The molecule has 1 N–H and O–H groups in total. The maximum atomic E-state index is 13.0. The molecule has 0 unspecified atom stereocenters. The summed E-state index contributed by atoms with van der Waals surface area (Å²) in [7, 11) is 1.81. The molecule has 1 amide bonds. The second-order valence-corrected chi connectivity index (χ2v) is 5.54. The molecule has 0 heterocycles. The van der Waals surface area contributed by atoms with Gasteiger partial charge in [0.1, 0.15) is 18.2 Å². The number of rotatable bonds is 7. The van der Waals surface area contributed by atoms with E-state index < -0.39 is 0 Å². The fourth-order valence-corrected chi connectivity index (χ4v) is 2.15. The van der Waals surface area contributed by atoms with E-state index in [-0.39, 0.29) is 18.3 Å². The summed E-state index contributed by atoms with van der Waals surface area (Å²) in [5, 5.41) is 3.27. The molecule has 0 bridgehead atoms. The highest BCUT2D eigenvalue weighted by molar-refractivity contribution is 6.30. The summed E-state index contributed by atoms with van der Waals surface area (Å²) >= 11 is 5.87. The maximum absolute atomic E-state index is 13.0. The molecule has 2 rings (SSSR count). The Morgan fingerprint density at radius 1 is 1.26 bits per heavy atom. The van der Waals surface area contributed by atoms with Crippen LogP contribution in [0.15, 0.2) is 48.5 Å². The zero-order valence-corrected chi connectivity index (χ0v) is 13.5. The topological polar surface area (TPSA) is 41.6 Å². The quantitative estimate of drug-likeness (QED) is 0.842. The third-order valence-electron chi connectivity index (χ3n) is 3.06. The van der Waals surface area contributed by atoms with Gasteiger partial charge in [-0.25, -0.2) is 4.39 Å². The Bertz CT molecular complexity index is 667. The molecule has 0 radical (unpaired) electrons. The van der Waals surface area contributed by atoms with Crippen molar-refractivity contribution in [3.05, 3.63) is 59.4 Å². The molecule has 4 nitrogen and oxygen atoms in total. The number of carbonyl (C=O) groups excluding carboxylic acids is 1. The molecule has 0 aliphatic heterocycles. The number of amides is 1. The predicted octanol–water partition coefficient (Wildman–Crippen LogP) is 3.43. The first-order chi connectivity index (χ1) is 11.0. The van der Waals surface area contributed by atoms with Crippen molar-refractivity contribution in [1.82, 2.24) is 4.90 Å². The smallest absolute Gasteiger partial charge is 0.238 e. The molecule has 0 aromatic heterocycles. The van der Waals surface area contributed by atoms with E-state index in [9.17, 15) is 9.18 Å². The molecular weight excluding hydrogens is 319 g/mol. The van der Waals surface area contributed by atoms with Gasteiger partial charge in [-0.1, -0.05) is 23.7 Å². The van der Waals surface area contributed by atoms with Gasteiger partial charge in [-0.05, 0) is 43.4 Å². The summed E-state index contributed by atoms with van der Waals surface area (Å²) in [5.41, 5.74) is 0.443. The number of nitrogens with one attached hydrogen (secondary N) is 1. The number of hydrogen-bond donors (Lipinski definition) is 1. The number of carbonyl (C=O) groups is 1. The lowest BCUT2D eigenvalue weighted by molar-refractivity contribution is -0.117. The third kappa shape index (κ3) is 6.26. The minimum Gasteiger partial charge on any atom is -0.492 e. The van der Waals surface area contributed by atoms with Crippen molar-refractivity contribution in [2.45, 2.75) is 0 Å². The number of benzene rings is 2. The molecule has 23 heavy (non-hydrogen) atoms. The van der Waals surface area contributed by atoms with E-state index >= 15 is 0 Å². The Kier molecular flexibility index (Phi) is 6.38. The highest BCUT2D eigenvalue weighted by Crippen LogP contribution is 2.16. The Morgan fingerprint density at radius 2 is 2.04 bits per heavy atom. The standard InChI is InChI=1S/C17H18ClFN2O2/c1-21(8-9-23-16-7-2-4-13(18)10-16)12-17(22)20-15-6-3-5-14(19)11-15/h2-7,10-11H,8-9,12H2,1H3,(H,20,22). The van der Waals surface area contributed by atoms with Crippen LogP contribution in [0.5, 0.6) is 5.75 Å². The number of nitrogens with zero attached hydrogens (tertiary/aromatic N) is 1. The fourth-order valence-electron chi connectivity index (χ4n) is 1.97.